The highest BCUT2D eigenvalue weighted by molar-refractivity contribution is 5.31. The van der Waals surface area contributed by atoms with Gasteiger partial charge in [0.2, 0.25) is 0 Å². The molecule has 0 bridgehead atoms. The maximum Gasteiger partial charge on any atom is 0.0926 e. The predicted molar refractivity (Wildman–Crippen MR) is 54.4 cm³/mol. The maximum absolute atomic E-state index is 5.57. The van der Waals surface area contributed by atoms with Gasteiger partial charge in [0.25, 0.3) is 0 Å². The van der Waals surface area contributed by atoms with Crippen LogP contribution in [0.2, 0.25) is 0 Å². The molecule has 0 radical (unpaired) electrons. The van der Waals surface area contributed by atoms with Crippen molar-refractivity contribution < 1.29 is 4.74 Å². The number of aromatic nitrogens is 2. The number of nitrogens with zero attached hydrogens (tertiary/aromatic N) is 1. The lowest BCUT2D eigenvalue weighted by Gasteiger charge is -2.53. The minimum Gasteiger partial charge on any atom is -0.381 e. The van der Waals surface area contributed by atoms with Gasteiger partial charge in [-0.3, -0.25) is 0 Å². The van der Waals surface area contributed by atoms with E-state index in [-0.39, 0.29) is 5.54 Å². The van der Waals surface area contributed by atoms with E-state index in [1.54, 1.807) is 0 Å². The van der Waals surface area contributed by atoms with Crippen molar-refractivity contribution in [2.24, 2.45) is 11.8 Å². The molecule has 1 unspecified atom stereocenters. The van der Waals surface area contributed by atoms with Gasteiger partial charge < -0.3 is 15.0 Å². The average Bonchev–Trinajstić information content (AvgIpc) is 2.82. The number of hydrogen-bond acceptors (Lipinski definition) is 3. The summed E-state index contributed by atoms with van der Waals surface area (Å²) >= 11 is 0. The molecule has 3 heterocycles. The Morgan fingerprint density at radius 3 is 3.40 bits per heavy atom. The van der Waals surface area contributed by atoms with Crippen molar-refractivity contribution in [3.8, 4) is 0 Å². The first-order chi connectivity index (χ1) is 7.40. The third kappa shape index (κ3) is 0.874. The molecule has 0 amide bonds. The van der Waals surface area contributed by atoms with E-state index < -0.39 is 0 Å². The summed E-state index contributed by atoms with van der Waals surface area (Å²) in [5.41, 5.74) is 2.74. The highest BCUT2D eigenvalue weighted by Gasteiger charge is 2.59. The predicted octanol–water partition coefficient (Wildman–Crippen LogP) is 0.417. The lowest BCUT2D eigenvalue weighted by Crippen LogP contribution is -2.62. The van der Waals surface area contributed by atoms with E-state index >= 15 is 0 Å². The second-order valence-corrected chi connectivity index (χ2v) is 4.99. The van der Waals surface area contributed by atoms with Crippen molar-refractivity contribution in [3.63, 3.8) is 0 Å². The maximum atomic E-state index is 5.57. The molecule has 1 spiro atoms. The summed E-state index contributed by atoms with van der Waals surface area (Å²) in [6.45, 7) is 2.93. The Bertz CT molecular complexity index is 402. The lowest BCUT2D eigenvalue weighted by atomic mass is 9.58. The fraction of sp³-hybridized carbons (Fsp3) is 0.727. The Kier molecular flexibility index (Phi) is 1.45. The molecule has 15 heavy (non-hydrogen) atoms. The molecule has 80 valence electrons. The molecule has 2 N–H and O–H groups in total. The first-order valence-corrected chi connectivity index (χ1v) is 5.76. The molecule has 1 saturated carbocycles. The van der Waals surface area contributed by atoms with E-state index in [2.05, 4.69) is 15.3 Å². The zero-order chi connectivity index (χ0) is 9.88. The Labute approximate surface area is 88.4 Å². The molecule has 3 atom stereocenters. The third-order valence-electron chi connectivity index (χ3n) is 4.37. The van der Waals surface area contributed by atoms with Crippen LogP contribution in [-0.2, 0) is 16.7 Å². The van der Waals surface area contributed by atoms with Gasteiger partial charge in [0.1, 0.15) is 0 Å². The topological polar surface area (TPSA) is 49.9 Å². The van der Waals surface area contributed by atoms with E-state index in [9.17, 15) is 0 Å². The van der Waals surface area contributed by atoms with Gasteiger partial charge in [-0.2, -0.15) is 0 Å². The van der Waals surface area contributed by atoms with Crippen molar-refractivity contribution in [1.82, 2.24) is 15.3 Å². The van der Waals surface area contributed by atoms with Gasteiger partial charge in [-0.05, 0) is 12.3 Å². The van der Waals surface area contributed by atoms with E-state index in [0.717, 1.165) is 32.1 Å². The highest BCUT2D eigenvalue weighted by atomic mass is 16.5. The molecule has 1 aliphatic carbocycles. The molecular weight excluding hydrogens is 190 g/mol. The van der Waals surface area contributed by atoms with Crippen LogP contribution in [0.25, 0.3) is 0 Å². The van der Waals surface area contributed by atoms with Crippen LogP contribution in [0.5, 0.6) is 0 Å². The summed E-state index contributed by atoms with van der Waals surface area (Å²) in [6, 6.07) is 0. The van der Waals surface area contributed by atoms with E-state index in [0.29, 0.717) is 5.92 Å². The van der Waals surface area contributed by atoms with Crippen LogP contribution in [0.1, 0.15) is 17.8 Å². The highest BCUT2D eigenvalue weighted by Crippen LogP contribution is 2.54. The average molecular weight is 205 g/mol. The number of ether oxygens (including phenoxy) is 1. The summed E-state index contributed by atoms with van der Waals surface area (Å²) in [5.74, 6) is 1.42. The van der Waals surface area contributed by atoms with Crippen LogP contribution < -0.4 is 5.32 Å². The smallest absolute Gasteiger partial charge is 0.0926 e. The number of imidazole rings is 1. The van der Waals surface area contributed by atoms with Crippen molar-refractivity contribution in [2.75, 3.05) is 19.8 Å². The number of fused-ring (bicyclic) bond motifs is 4. The molecule has 4 rings (SSSR count). The molecule has 1 aromatic rings. The van der Waals surface area contributed by atoms with E-state index in [1.807, 2.05) is 6.33 Å². The fourth-order valence-corrected chi connectivity index (χ4v) is 3.61. The molecule has 3 aliphatic rings. The van der Waals surface area contributed by atoms with Crippen molar-refractivity contribution in [3.05, 3.63) is 17.7 Å². The zero-order valence-corrected chi connectivity index (χ0v) is 8.62. The third-order valence-corrected chi connectivity index (χ3v) is 4.37. The van der Waals surface area contributed by atoms with Gasteiger partial charge in [-0.25, -0.2) is 4.98 Å². The first-order valence-electron chi connectivity index (χ1n) is 5.76. The van der Waals surface area contributed by atoms with Crippen molar-refractivity contribution in [2.45, 2.75) is 18.4 Å². The summed E-state index contributed by atoms with van der Waals surface area (Å²) in [5, 5.41) is 3.68. The van der Waals surface area contributed by atoms with Gasteiger partial charge >= 0.3 is 0 Å². The molecule has 2 aliphatic heterocycles. The number of hydrogen-bond donors (Lipinski definition) is 2. The van der Waals surface area contributed by atoms with E-state index in [1.165, 1.54) is 17.8 Å². The molecule has 1 saturated heterocycles. The SMILES string of the molecule is c1nc2c([nH]1)CCNC21C[C@@H]2COC[C@@H]21. The fourth-order valence-electron chi connectivity index (χ4n) is 3.61. The monoisotopic (exact) mass is 205 g/mol. The Balaban J connectivity index is 1.80. The van der Waals surface area contributed by atoms with Crippen LogP contribution in [0.4, 0.5) is 0 Å². The molecule has 1 aromatic heterocycles. The van der Waals surface area contributed by atoms with Crippen LogP contribution in [0.15, 0.2) is 6.33 Å². The van der Waals surface area contributed by atoms with Crippen LogP contribution in [0.3, 0.4) is 0 Å². The summed E-state index contributed by atoms with van der Waals surface area (Å²) in [6.07, 6.45) is 4.12. The largest absolute Gasteiger partial charge is 0.381 e. The number of aromatic amines is 1. The molecule has 4 nitrogen and oxygen atoms in total. The van der Waals surface area contributed by atoms with Gasteiger partial charge in [-0.1, -0.05) is 0 Å². The zero-order valence-electron chi connectivity index (χ0n) is 8.62. The molecule has 2 fully saturated rings. The first kappa shape index (κ1) is 8.30. The molecule has 0 aromatic carbocycles. The normalized spacial score (nSPS) is 42.4. The summed E-state index contributed by atoms with van der Waals surface area (Å²) in [7, 11) is 0. The van der Waals surface area contributed by atoms with Crippen LogP contribution in [-0.4, -0.2) is 29.7 Å². The Hall–Kier alpha value is -0.870. The number of H-pyrrole nitrogens is 1. The van der Waals surface area contributed by atoms with Gasteiger partial charge in [0.05, 0.1) is 24.2 Å². The summed E-state index contributed by atoms with van der Waals surface area (Å²) in [4.78, 5) is 7.79. The van der Waals surface area contributed by atoms with Gasteiger partial charge in [0.15, 0.2) is 0 Å². The molecular formula is C11H15N3O. The number of nitrogens with one attached hydrogen (secondary N) is 2. The van der Waals surface area contributed by atoms with Crippen LogP contribution in [0, 0.1) is 11.8 Å². The van der Waals surface area contributed by atoms with Crippen molar-refractivity contribution in [1.29, 1.82) is 0 Å². The quantitative estimate of drug-likeness (QED) is 0.645. The minimum atomic E-state index is 0.148. The molecule has 4 heteroatoms. The second-order valence-electron chi connectivity index (χ2n) is 4.99. The second kappa shape index (κ2) is 2.62. The summed E-state index contributed by atoms with van der Waals surface area (Å²) < 4.78 is 5.57. The van der Waals surface area contributed by atoms with Gasteiger partial charge in [-0.15, -0.1) is 0 Å². The van der Waals surface area contributed by atoms with Crippen molar-refractivity contribution >= 4 is 0 Å². The Morgan fingerprint density at radius 2 is 2.47 bits per heavy atom. The lowest BCUT2D eigenvalue weighted by molar-refractivity contribution is 0.0284. The standard InChI is InChI=1S/C11H15N3O/c1-2-14-11(10-9(1)12-6-13-10)3-7-4-15-5-8(7)11/h6-8,14H,1-5H2,(H,12,13)/t7-,8+,11?/m1/s1. The minimum absolute atomic E-state index is 0.148. The van der Waals surface area contributed by atoms with Gasteiger partial charge in [0, 0.05) is 31.2 Å². The van der Waals surface area contributed by atoms with E-state index in [4.69, 9.17) is 4.74 Å². The van der Waals surface area contributed by atoms with Crippen LogP contribution >= 0.6 is 0 Å². The number of rotatable bonds is 0. The Morgan fingerprint density at radius 1 is 1.47 bits per heavy atom.